The molecule has 1 heterocycles. The molecule has 3 rings (SSSR count). The van der Waals surface area contributed by atoms with E-state index in [1.165, 1.54) is 35.5 Å². The Kier molecular flexibility index (Phi) is 7.56. The second-order valence-corrected chi connectivity index (χ2v) is 8.70. The summed E-state index contributed by atoms with van der Waals surface area (Å²) in [6.07, 6.45) is -0.469. The molecule has 6 nitrogen and oxygen atoms in total. The van der Waals surface area contributed by atoms with Crippen LogP contribution in [0.3, 0.4) is 0 Å². The van der Waals surface area contributed by atoms with Crippen LogP contribution in [0.25, 0.3) is 0 Å². The summed E-state index contributed by atoms with van der Waals surface area (Å²) in [6.45, 7) is 6.05. The summed E-state index contributed by atoms with van der Waals surface area (Å²) >= 11 is 7.30. The van der Waals surface area contributed by atoms with E-state index >= 15 is 0 Å². The molecular formula is C22H24ClFN4O2S. The standard InChI is InChI=1S/C22H24ClFN4O2S/c1-13(2)15-5-8-17(9-6-15)25-20(29)12-31-22-27-26-21(28(22)4)14(3)30-19-10-7-16(24)11-18(19)23/h5-11,13-14H,12H2,1-4H3,(H,25,29). The Balaban J connectivity index is 1.57. The highest BCUT2D eigenvalue weighted by Crippen LogP contribution is 2.30. The van der Waals surface area contributed by atoms with Crippen LogP contribution >= 0.6 is 23.4 Å². The number of aromatic nitrogens is 3. The summed E-state index contributed by atoms with van der Waals surface area (Å²) in [5.41, 5.74) is 1.98. The zero-order chi connectivity index (χ0) is 22.5. The van der Waals surface area contributed by atoms with Gasteiger partial charge in [0.1, 0.15) is 11.6 Å². The van der Waals surface area contributed by atoms with Crippen LogP contribution in [0.5, 0.6) is 5.75 Å². The molecule has 0 aliphatic carbocycles. The molecule has 0 aliphatic heterocycles. The minimum atomic E-state index is -0.469. The van der Waals surface area contributed by atoms with Crippen LogP contribution in [-0.4, -0.2) is 26.4 Å². The lowest BCUT2D eigenvalue weighted by Gasteiger charge is -2.15. The summed E-state index contributed by atoms with van der Waals surface area (Å²) < 4.78 is 20.8. The zero-order valence-electron chi connectivity index (χ0n) is 17.7. The van der Waals surface area contributed by atoms with Gasteiger partial charge in [-0.2, -0.15) is 0 Å². The summed E-state index contributed by atoms with van der Waals surface area (Å²) in [6, 6.07) is 11.8. The summed E-state index contributed by atoms with van der Waals surface area (Å²) in [5, 5.41) is 12.0. The molecule has 1 unspecified atom stereocenters. The van der Waals surface area contributed by atoms with Crippen LogP contribution in [0.2, 0.25) is 5.02 Å². The Labute approximate surface area is 190 Å². The van der Waals surface area contributed by atoms with E-state index in [1.807, 2.05) is 24.3 Å². The number of ether oxygens (including phenoxy) is 1. The van der Waals surface area contributed by atoms with Gasteiger partial charge in [0.15, 0.2) is 17.1 Å². The van der Waals surface area contributed by atoms with Crippen molar-refractivity contribution in [3.05, 3.63) is 64.7 Å². The van der Waals surface area contributed by atoms with Gasteiger partial charge >= 0.3 is 0 Å². The maximum absolute atomic E-state index is 13.2. The molecule has 1 aromatic heterocycles. The third-order valence-electron chi connectivity index (χ3n) is 4.62. The number of carbonyl (C=O) groups excluding carboxylic acids is 1. The second-order valence-electron chi connectivity index (χ2n) is 7.35. The van der Waals surface area contributed by atoms with Gasteiger partial charge in [0.25, 0.3) is 0 Å². The normalized spacial score (nSPS) is 12.1. The van der Waals surface area contributed by atoms with Crippen LogP contribution < -0.4 is 10.1 Å². The van der Waals surface area contributed by atoms with Crippen molar-refractivity contribution in [3.63, 3.8) is 0 Å². The van der Waals surface area contributed by atoms with Gasteiger partial charge in [-0.15, -0.1) is 10.2 Å². The lowest BCUT2D eigenvalue weighted by Crippen LogP contribution is -2.15. The molecule has 0 bridgehead atoms. The Bertz CT molecular complexity index is 1060. The number of hydrogen-bond acceptors (Lipinski definition) is 5. The number of halogens is 2. The van der Waals surface area contributed by atoms with Crippen LogP contribution in [-0.2, 0) is 11.8 Å². The first-order valence-corrected chi connectivity index (χ1v) is 11.1. The average Bonchev–Trinajstić information content (AvgIpc) is 3.09. The van der Waals surface area contributed by atoms with Gasteiger partial charge in [0.05, 0.1) is 10.8 Å². The largest absolute Gasteiger partial charge is 0.481 e. The summed E-state index contributed by atoms with van der Waals surface area (Å²) in [5.74, 6) is 0.988. The van der Waals surface area contributed by atoms with E-state index in [0.29, 0.717) is 22.6 Å². The number of carbonyl (C=O) groups is 1. The molecular weight excluding hydrogens is 439 g/mol. The van der Waals surface area contributed by atoms with Crippen molar-refractivity contribution in [1.29, 1.82) is 0 Å². The monoisotopic (exact) mass is 462 g/mol. The van der Waals surface area contributed by atoms with E-state index in [9.17, 15) is 9.18 Å². The smallest absolute Gasteiger partial charge is 0.234 e. The SMILES string of the molecule is CC(C)c1ccc(NC(=O)CSc2nnc(C(C)Oc3ccc(F)cc3Cl)n2C)cc1. The van der Waals surface area contributed by atoms with Crippen LogP contribution in [0, 0.1) is 5.82 Å². The fraction of sp³-hybridized carbons (Fsp3) is 0.318. The minimum absolute atomic E-state index is 0.130. The van der Waals surface area contributed by atoms with Gasteiger partial charge in [-0.3, -0.25) is 4.79 Å². The predicted molar refractivity (Wildman–Crippen MR) is 121 cm³/mol. The molecule has 1 atom stereocenters. The molecule has 1 N–H and O–H groups in total. The molecule has 0 fully saturated rings. The van der Waals surface area contributed by atoms with Crippen LogP contribution in [0.1, 0.15) is 44.2 Å². The van der Waals surface area contributed by atoms with Crippen molar-refractivity contribution in [2.75, 3.05) is 11.1 Å². The van der Waals surface area contributed by atoms with Crippen molar-refractivity contribution in [3.8, 4) is 5.75 Å². The number of rotatable bonds is 8. The Morgan fingerprint density at radius 1 is 1.19 bits per heavy atom. The first-order chi connectivity index (χ1) is 14.7. The number of benzene rings is 2. The fourth-order valence-corrected chi connectivity index (χ4v) is 3.83. The first kappa shape index (κ1) is 23.1. The fourth-order valence-electron chi connectivity index (χ4n) is 2.90. The Hall–Kier alpha value is -2.58. The number of thioether (sulfide) groups is 1. The lowest BCUT2D eigenvalue weighted by atomic mass is 10.0. The maximum atomic E-state index is 13.2. The van der Waals surface area contributed by atoms with E-state index in [-0.39, 0.29) is 16.7 Å². The third kappa shape index (κ3) is 5.98. The molecule has 1 amide bonds. The third-order valence-corrected chi connectivity index (χ3v) is 5.94. The topological polar surface area (TPSA) is 69.0 Å². The van der Waals surface area contributed by atoms with Crippen molar-refractivity contribution >= 4 is 35.0 Å². The zero-order valence-corrected chi connectivity index (χ0v) is 19.3. The number of nitrogens with one attached hydrogen (secondary N) is 1. The van der Waals surface area contributed by atoms with Gasteiger partial charge in [-0.05, 0) is 48.7 Å². The van der Waals surface area contributed by atoms with Gasteiger partial charge in [-0.1, -0.05) is 49.3 Å². The highest BCUT2D eigenvalue weighted by molar-refractivity contribution is 7.99. The van der Waals surface area contributed by atoms with Gasteiger partial charge in [-0.25, -0.2) is 4.39 Å². The van der Waals surface area contributed by atoms with Gasteiger partial charge in [0.2, 0.25) is 5.91 Å². The van der Waals surface area contributed by atoms with Gasteiger partial charge in [0, 0.05) is 12.7 Å². The molecule has 9 heteroatoms. The minimum Gasteiger partial charge on any atom is -0.481 e. The molecule has 31 heavy (non-hydrogen) atoms. The predicted octanol–water partition coefficient (Wildman–Crippen LogP) is 5.60. The van der Waals surface area contributed by atoms with E-state index in [1.54, 1.807) is 18.5 Å². The Morgan fingerprint density at radius 2 is 1.90 bits per heavy atom. The second kappa shape index (κ2) is 10.2. The van der Waals surface area contributed by atoms with E-state index in [2.05, 4.69) is 29.4 Å². The molecule has 2 aromatic carbocycles. The van der Waals surface area contributed by atoms with Crippen molar-refractivity contribution in [1.82, 2.24) is 14.8 Å². The van der Waals surface area contributed by atoms with Gasteiger partial charge < -0.3 is 14.6 Å². The molecule has 0 saturated heterocycles. The molecule has 0 saturated carbocycles. The number of nitrogens with zero attached hydrogens (tertiary/aromatic N) is 3. The van der Waals surface area contributed by atoms with Crippen molar-refractivity contribution in [2.24, 2.45) is 7.05 Å². The average molecular weight is 463 g/mol. The highest BCUT2D eigenvalue weighted by Gasteiger charge is 2.19. The quantitative estimate of drug-likeness (QED) is 0.441. The first-order valence-electron chi connectivity index (χ1n) is 9.78. The van der Waals surface area contributed by atoms with E-state index < -0.39 is 11.9 Å². The highest BCUT2D eigenvalue weighted by atomic mass is 35.5. The number of amides is 1. The van der Waals surface area contributed by atoms with Crippen molar-refractivity contribution in [2.45, 2.75) is 37.9 Å². The molecule has 164 valence electrons. The molecule has 3 aromatic rings. The lowest BCUT2D eigenvalue weighted by molar-refractivity contribution is -0.113. The van der Waals surface area contributed by atoms with E-state index in [4.69, 9.17) is 16.3 Å². The summed E-state index contributed by atoms with van der Waals surface area (Å²) in [4.78, 5) is 12.3. The van der Waals surface area contributed by atoms with Crippen molar-refractivity contribution < 1.29 is 13.9 Å². The Morgan fingerprint density at radius 3 is 2.55 bits per heavy atom. The van der Waals surface area contributed by atoms with Crippen LogP contribution in [0.15, 0.2) is 47.6 Å². The molecule has 0 radical (unpaired) electrons. The summed E-state index contributed by atoms with van der Waals surface area (Å²) in [7, 11) is 1.80. The molecule has 0 spiro atoms. The maximum Gasteiger partial charge on any atom is 0.234 e. The molecule has 0 aliphatic rings. The van der Waals surface area contributed by atoms with Crippen LogP contribution in [0.4, 0.5) is 10.1 Å². The number of anilines is 1. The van der Waals surface area contributed by atoms with E-state index in [0.717, 1.165) is 5.69 Å². The number of hydrogen-bond donors (Lipinski definition) is 1.